The molecule has 0 saturated heterocycles. The average molecular weight is 280 g/mol. The Hall–Kier alpha value is -1.87. The van der Waals surface area contributed by atoms with Crippen molar-refractivity contribution in [3.05, 3.63) is 29.3 Å². The van der Waals surface area contributed by atoms with Crippen molar-refractivity contribution in [3.63, 3.8) is 0 Å². The monoisotopic (exact) mass is 280 g/mol. The first-order chi connectivity index (χ1) is 8.89. The Morgan fingerprint density at radius 2 is 2.00 bits per heavy atom. The van der Waals surface area contributed by atoms with E-state index in [1.165, 1.54) is 6.07 Å². The number of amides is 1. The Morgan fingerprint density at radius 1 is 1.37 bits per heavy atom. The Labute approximate surface area is 113 Å². The van der Waals surface area contributed by atoms with Gasteiger partial charge in [-0.3, -0.25) is 4.79 Å². The van der Waals surface area contributed by atoms with Crippen LogP contribution in [0, 0.1) is 18.3 Å². The van der Waals surface area contributed by atoms with Crippen LogP contribution in [0.2, 0.25) is 0 Å². The molecule has 5 nitrogen and oxygen atoms in total. The quantitative estimate of drug-likeness (QED) is 0.842. The predicted molar refractivity (Wildman–Crippen MR) is 70.8 cm³/mol. The van der Waals surface area contributed by atoms with Crippen molar-refractivity contribution >= 4 is 15.9 Å². The second kappa shape index (κ2) is 5.85. The van der Waals surface area contributed by atoms with Crippen LogP contribution in [0.5, 0.6) is 0 Å². The molecular weight excluding hydrogens is 264 g/mol. The minimum Gasteiger partial charge on any atom is -0.274 e. The molecule has 0 aliphatic rings. The molecule has 6 heteroatoms. The summed E-state index contributed by atoms with van der Waals surface area (Å²) < 4.78 is 25.7. The van der Waals surface area contributed by atoms with Crippen molar-refractivity contribution in [2.45, 2.75) is 32.1 Å². The van der Waals surface area contributed by atoms with Crippen LogP contribution in [0.4, 0.5) is 0 Å². The maximum atomic E-state index is 12.4. The molecular formula is C13H16N2O3S. The SMILES string of the molecule is CCC(=O)N(CC)S(=O)(=O)c1cccc(C)c1C#N. The zero-order chi connectivity index (χ0) is 14.6. The lowest BCUT2D eigenvalue weighted by molar-refractivity contribution is -0.126. The van der Waals surface area contributed by atoms with Gasteiger partial charge in [0.05, 0.1) is 5.56 Å². The number of rotatable bonds is 4. The molecule has 0 radical (unpaired) electrons. The van der Waals surface area contributed by atoms with E-state index in [9.17, 15) is 13.2 Å². The first-order valence-corrected chi connectivity index (χ1v) is 7.39. The van der Waals surface area contributed by atoms with Gasteiger partial charge in [0.1, 0.15) is 11.0 Å². The number of carbonyl (C=O) groups is 1. The van der Waals surface area contributed by atoms with Crippen molar-refractivity contribution in [2.75, 3.05) is 6.54 Å². The molecule has 0 bridgehead atoms. The highest BCUT2D eigenvalue weighted by molar-refractivity contribution is 7.89. The summed E-state index contributed by atoms with van der Waals surface area (Å²) >= 11 is 0. The molecule has 0 N–H and O–H groups in total. The number of carbonyl (C=O) groups excluding carboxylic acids is 1. The van der Waals surface area contributed by atoms with Crippen molar-refractivity contribution in [1.29, 1.82) is 5.26 Å². The lowest BCUT2D eigenvalue weighted by Gasteiger charge is -2.21. The van der Waals surface area contributed by atoms with E-state index in [1.54, 1.807) is 32.9 Å². The molecule has 0 fully saturated rings. The predicted octanol–water partition coefficient (Wildman–Crippen LogP) is 1.81. The molecule has 0 unspecified atom stereocenters. The number of nitriles is 1. The minimum atomic E-state index is -3.97. The molecule has 19 heavy (non-hydrogen) atoms. The molecule has 1 amide bonds. The molecule has 102 valence electrons. The summed E-state index contributed by atoms with van der Waals surface area (Å²) in [6, 6.07) is 6.47. The fourth-order valence-electron chi connectivity index (χ4n) is 1.77. The van der Waals surface area contributed by atoms with Gasteiger partial charge in [-0.15, -0.1) is 0 Å². The summed E-state index contributed by atoms with van der Waals surface area (Å²) in [5.41, 5.74) is 0.661. The summed E-state index contributed by atoms with van der Waals surface area (Å²) in [5, 5.41) is 9.09. The van der Waals surface area contributed by atoms with Gasteiger partial charge in [-0.25, -0.2) is 12.7 Å². The van der Waals surface area contributed by atoms with Gasteiger partial charge in [0.25, 0.3) is 10.0 Å². The second-order valence-electron chi connectivity index (χ2n) is 3.98. The Balaban J connectivity index is 3.48. The van der Waals surface area contributed by atoms with Crippen LogP contribution in [-0.2, 0) is 14.8 Å². The molecule has 0 aromatic heterocycles. The van der Waals surface area contributed by atoms with Crippen LogP contribution in [0.15, 0.2) is 23.1 Å². The van der Waals surface area contributed by atoms with Crippen LogP contribution in [0.1, 0.15) is 31.4 Å². The molecule has 0 heterocycles. The Bertz CT molecular complexity index is 630. The fraction of sp³-hybridized carbons (Fsp3) is 0.385. The van der Waals surface area contributed by atoms with Crippen molar-refractivity contribution < 1.29 is 13.2 Å². The lowest BCUT2D eigenvalue weighted by atomic mass is 10.1. The summed E-state index contributed by atoms with van der Waals surface area (Å²) in [6.45, 7) is 4.90. The van der Waals surface area contributed by atoms with Crippen LogP contribution < -0.4 is 0 Å². The van der Waals surface area contributed by atoms with E-state index in [2.05, 4.69) is 0 Å². The maximum Gasteiger partial charge on any atom is 0.267 e. The van der Waals surface area contributed by atoms with Crippen LogP contribution in [0.25, 0.3) is 0 Å². The number of nitrogens with zero attached hydrogens (tertiary/aromatic N) is 2. The van der Waals surface area contributed by atoms with E-state index in [4.69, 9.17) is 5.26 Å². The number of aryl methyl sites for hydroxylation is 1. The molecule has 0 aliphatic carbocycles. The third kappa shape index (κ3) is 2.76. The van der Waals surface area contributed by atoms with Crippen molar-refractivity contribution in [1.82, 2.24) is 4.31 Å². The summed E-state index contributed by atoms with van der Waals surface area (Å²) in [4.78, 5) is 11.6. The highest BCUT2D eigenvalue weighted by Gasteiger charge is 2.29. The molecule has 0 saturated carbocycles. The average Bonchev–Trinajstić information content (AvgIpc) is 2.38. The van der Waals surface area contributed by atoms with E-state index < -0.39 is 15.9 Å². The normalized spacial score (nSPS) is 10.8. The molecule has 1 rings (SSSR count). The fourth-order valence-corrected chi connectivity index (χ4v) is 3.46. The number of sulfonamides is 1. The second-order valence-corrected chi connectivity index (χ2v) is 5.81. The first-order valence-electron chi connectivity index (χ1n) is 5.95. The largest absolute Gasteiger partial charge is 0.274 e. The number of hydrogen-bond acceptors (Lipinski definition) is 4. The van der Waals surface area contributed by atoms with Gasteiger partial charge in [-0.05, 0) is 25.5 Å². The summed E-state index contributed by atoms with van der Waals surface area (Å²) in [5.74, 6) is -0.479. The highest BCUT2D eigenvalue weighted by Crippen LogP contribution is 2.22. The minimum absolute atomic E-state index is 0.0494. The Morgan fingerprint density at radius 3 is 2.47 bits per heavy atom. The van der Waals surface area contributed by atoms with E-state index in [1.807, 2.05) is 6.07 Å². The van der Waals surface area contributed by atoms with E-state index >= 15 is 0 Å². The van der Waals surface area contributed by atoms with E-state index in [0.717, 1.165) is 4.31 Å². The van der Waals surface area contributed by atoms with Crippen molar-refractivity contribution in [2.24, 2.45) is 0 Å². The standard InChI is InChI=1S/C13H16N2O3S/c1-4-13(16)15(5-2)19(17,18)12-8-6-7-10(3)11(12)9-14/h6-8H,4-5H2,1-3H3. The molecule has 0 aliphatic heterocycles. The van der Waals surface area contributed by atoms with Gasteiger partial charge in [-0.2, -0.15) is 5.26 Å². The number of benzene rings is 1. The third-order valence-corrected chi connectivity index (χ3v) is 4.72. The highest BCUT2D eigenvalue weighted by atomic mass is 32.2. The third-order valence-electron chi connectivity index (χ3n) is 2.78. The van der Waals surface area contributed by atoms with Gasteiger partial charge in [0, 0.05) is 13.0 Å². The molecule has 0 spiro atoms. The molecule has 1 aromatic rings. The van der Waals surface area contributed by atoms with Gasteiger partial charge >= 0.3 is 0 Å². The van der Waals surface area contributed by atoms with Crippen LogP contribution in [-0.4, -0.2) is 25.2 Å². The zero-order valence-electron chi connectivity index (χ0n) is 11.2. The maximum absolute atomic E-state index is 12.4. The summed E-state index contributed by atoms with van der Waals surface area (Å²) in [6.07, 6.45) is 0.0980. The van der Waals surface area contributed by atoms with E-state index in [-0.39, 0.29) is 23.4 Å². The molecule has 1 aromatic carbocycles. The number of hydrogen-bond donors (Lipinski definition) is 0. The smallest absolute Gasteiger partial charge is 0.267 e. The first kappa shape index (κ1) is 15.2. The topological polar surface area (TPSA) is 78.2 Å². The van der Waals surface area contributed by atoms with E-state index in [0.29, 0.717) is 5.56 Å². The van der Waals surface area contributed by atoms with Crippen LogP contribution in [0.3, 0.4) is 0 Å². The summed E-state index contributed by atoms with van der Waals surface area (Å²) in [7, 11) is -3.97. The van der Waals surface area contributed by atoms with Crippen LogP contribution >= 0.6 is 0 Å². The Kier molecular flexibility index (Phi) is 4.67. The van der Waals surface area contributed by atoms with Gasteiger partial charge in [0.2, 0.25) is 5.91 Å². The zero-order valence-corrected chi connectivity index (χ0v) is 12.0. The lowest BCUT2D eigenvalue weighted by Crippen LogP contribution is -2.36. The van der Waals surface area contributed by atoms with Crippen molar-refractivity contribution in [3.8, 4) is 6.07 Å². The van der Waals surface area contributed by atoms with Gasteiger partial charge in [-0.1, -0.05) is 19.1 Å². The molecule has 0 atom stereocenters. The van der Waals surface area contributed by atoms with Gasteiger partial charge < -0.3 is 0 Å². The van der Waals surface area contributed by atoms with Gasteiger partial charge in [0.15, 0.2) is 0 Å².